The number of aryl methyl sites for hydroxylation is 1. The van der Waals surface area contributed by atoms with Crippen LogP contribution in [0.4, 0.5) is 10.1 Å². The Morgan fingerprint density at radius 2 is 1.75 bits per heavy atom. The van der Waals surface area contributed by atoms with Crippen molar-refractivity contribution in [1.82, 2.24) is 4.57 Å². The zero-order valence-electron chi connectivity index (χ0n) is 15.4. The lowest BCUT2D eigenvalue weighted by molar-refractivity contribution is 0.102. The predicted molar refractivity (Wildman–Crippen MR) is 106 cm³/mol. The van der Waals surface area contributed by atoms with Gasteiger partial charge in [-0.2, -0.15) is 0 Å². The van der Waals surface area contributed by atoms with Crippen LogP contribution in [0.15, 0.2) is 54.6 Å². The molecule has 0 unspecified atom stereocenters. The van der Waals surface area contributed by atoms with Crippen LogP contribution in [-0.4, -0.2) is 18.9 Å². The first kappa shape index (κ1) is 19.8. The summed E-state index contributed by atoms with van der Waals surface area (Å²) in [7, 11) is -3.61. The van der Waals surface area contributed by atoms with Crippen molar-refractivity contribution >= 4 is 21.6 Å². The maximum Gasteiger partial charge on any atom is 0.257 e. The lowest BCUT2D eigenvalue weighted by Crippen LogP contribution is -2.15. The summed E-state index contributed by atoms with van der Waals surface area (Å²) in [5.41, 5.74) is 3.19. The Bertz CT molecular complexity index is 1140. The molecule has 0 saturated heterocycles. The first-order chi connectivity index (χ1) is 13.2. The van der Waals surface area contributed by atoms with Crippen LogP contribution in [0.25, 0.3) is 5.69 Å². The molecule has 2 aromatic carbocycles. The number of para-hydroxylation sites is 1. The Morgan fingerprint density at radius 3 is 2.36 bits per heavy atom. The molecule has 0 fully saturated rings. The zero-order chi connectivity index (χ0) is 20.5. The van der Waals surface area contributed by atoms with Crippen LogP contribution >= 0.6 is 0 Å². The molecule has 8 heteroatoms. The molecule has 0 bridgehead atoms. The summed E-state index contributed by atoms with van der Waals surface area (Å²) in [4.78, 5) is 12.7. The van der Waals surface area contributed by atoms with Crippen molar-refractivity contribution in [1.29, 1.82) is 0 Å². The number of hydrogen-bond donors (Lipinski definition) is 2. The van der Waals surface area contributed by atoms with Crippen LogP contribution < -0.4 is 10.5 Å². The average molecular weight is 401 g/mol. The number of nitrogens with two attached hydrogens (primary N) is 1. The molecule has 1 amide bonds. The third-order valence-corrected chi connectivity index (χ3v) is 5.08. The summed E-state index contributed by atoms with van der Waals surface area (Å²) in [5, 5.41) is 7.80. The number of hydrogen-bond acceptors (Lipinski definition) is 3. The summed E-state index contributed by atoms with van der Waals surface area (Å²) < 4.78 is 38.1. The maximum atomic E-state index is 14.2. The lowest BCUT2D eigenvalue weighted by atomic mass is 10.2. The number of sulfonamides is 1. The monoisotopic (exact) mass is 401 g/mol. The van der Waals surface area contributed by atoms with Gasteiger partial charge in [0.05, 0.1) is 17.0 Å². The van der Waals surface area contributed by atoms with Crippen LogP contribution in [0, 0.1) is 19.7 Å². The minimum absolute atomic E-state index is 0.273. The van der Waals surface area contributed by atoms with Gasteiger partial charge in [0.15, 0.2) is 0 Å². The highest BCUT2D eigenvalue weighted by atomic mass is 32.2. The minimum Gasteiger partial charge on any atom is -0.322 e. The molecular formula is C20H20FN3O3S. The van der Waals surface area contributed by atoms with Gasteiger partial charge >= 0.3 is 0 Å². The largest absolute Gasteiger partial charge is 0.322 e. The number of amides is 1. The quantitative estimate of drug-likeness (QED) is 0.687. The minimum atomic E-state index is -3.61. The molecule has 1 aromatic heterocycles. The molecule has 0 aliphatic rings. The van der Waals surface area contributed by atoms with Gasteiger partial charge in [0, 0.05) is 17.1 Å². The smallest absolute Gasteiger partial charge is 0.257 e. The number of primary sulfonamides is 1. The van der Waals surface area contributed by atoms with E-state index in [1.807, 2.05) is 0 Å². The summed E-state index contributed by atoms with van der Waals surface area (Å²) in [5.74, 6) is -0.984. The molecule has 0 radical (unpaired) electrons. The summed E-state index contributed by atoms with van der Waals surface area (Å²) in [6, 6.07) is 14.5. The van der Waals surface area contributed by atoms with Crippen molar-refractivity contribution in [2.45, 2.75) is 19.6 Å². The lowest BCUT2D eigenvalue weighted by Gasteiger charge is -2.11. The number of anilines is 1. The first-order valence-electron chi connectivity index (χ1n) is 8.50. The van der Waals surface area contributed by atoms with Gasteiger partial charge in [-0.1, -0.05) is 24.3 Å². The Balaban J connectivity index is 1.84. The summed E-state index contributed by atoms with van der Waals surface area (Å²) in [6.45, 7) is 3.56. The van der Waals surface area contributed by atoms with Gasteiger partial charge in [0.1, 0.15) is 5.82 Å². The van der Waals surface area contributed by atoms with Crippen molar-refractivity contribution in [3.8, 4) is 5.69 Å². The van der Waals surface area contributed by atoms with E-state index >= 15 is 0 Å². The molecule has 3 rings (SSSR count). The molecule has 3 aromatic rings. The van der Waals surface area contributed by atoms with Crippen LogP contribution in [0.1, 0.15) is 27.3 Å². The van der Waals surface area contributed by atoms with Gasteiger partial charge < -0.3 is 9.88 Å². The maximum absolute atomic E-state index is 14.2. The molecule has 146 valence electrons. The number of carbonyl (C=O) groups is 1. The highest BCUT2D eigenvalue weighted by Gasteiger charge is 2.18. The number of rotatable bonds is 5. The highest BCUT2D eigenvalue weighted by molar-refractivity contribution is 7.88. The number of halogens is 1. The van der Waals surface area contributed by atoms with Gasteiger partial charge in [-0.25, -0.2) is 17.9 Å². The van der Waals surface area contributed by atoms with Crippen LogP contribution in [-0.2, 0) is 15.8 Å². The Kier molecular flexibility index (Phi) is 5.35. The third-order valence-electron chi connectivity index (χ3n) is 4.35. The molecule has 0 aliphatic heterocycles. The second kappa shape index (κ2) is 7.57. The number of aromatic nitrogens is 1. The highest BCUT2D eigenvalue weighted by Crippen LogP contribution is 2.23. The Morgan fingerprint density at radius 1 is 1.11 bits per heavy atom. The van der Waals surface area contributed by atoms with Gasteiger partial charge in [0.25, 0.3) is 5.91 Å². The number of carbonyl (C=O) groups excluding carboxylic acids is 1. The Hall–Kier alpha value is -2.97. The summed E-state index contributed by atoms with van der Waals surface area (Å²) in [6.07, 6.45) is 0. The van der Waals surface area contributed by atoms with Crippen molar-refractivity contribution < 1.29 is 17.6 Å². The van der Waals surface area contributed by atoms with Gasteiger partial charge in [-0.05, 0) is 49.7 Å². The van der Waals surface area contributed by atoms with Gasteiger partial charge in [-0.15, -0.1) is 0 Å². The zero-order valence-corrected chi connectivity index (χ0v) is 16.3. The molecule has 28 heavy (non-hydrogen) atoms. The SMILES string of the molecule is Cc1cc(C(=O)Nc2ccc(CS(N)(=O)=O)cc2)c(C)n1-c1ccccc1F. The number of nitrogens with one attached hydrogen (secondary N) is 1. The molecular weight excluding hydrogens is 381 g/mol. The topological polar surface area (TPSA) is 94.2 Å². The van der Waals surface area contributed by atoms with Gasteiger partial charge in [-0.3, -0.25) is 4.79 Å². The van der Waals surface area contributed by atoms with E-state index in [0.29, 0.717) is 28.2 Å². The van der Waals surface area contributed by atoms with Crippen LogP contribution in [0.2, 0.25) is 0 Å². The van der Waals surface area contributed by atoms with Crippen molar-refractivity contribution in [3.63, 3.8) is 0 Å². The molecule has 1 heterocycles. The molecule has 0 spiro atoms. The fourth-order valence-electron chi connectivity index (χ4n) is 3.11. The summed E-state index contributed by atoms with van der Waals surface area (Å²) >= 11 is 0. The van der Waals surface area contributed by atoms with Crippen LogP contribution in [0.3, 0.4) is 0 Å². The molecule has 0 atom stereocenters. The fraction of sp³-hybridized carbons (Fsp3) is 0.150. The van der Waals surface area contributed by atoms with E-state index in [9.17, 15) is 17.6 Å². The van der Waals surface area contributed by atoms with E-state index in [0.717, 1.165) is 5.69 Å². The second-order valence-corrected chi connectivity index (χ2v) is 8.14. The van der Waals surface area contributed by atoms with E-state index in [4.69, 9.17) is 5.14 Å². The molecule has 3 N–H and O–H groups in total. The van der Waals surface area contributed by atoms with Gasteiger partial charge in [0.2, 0.25) is 10.0 Å². The molecule has 0 aliphatic carbocycles. The number of benzene rings is 2. The Labute approximate surface area is 162 Å². The van der Waals surface area contributed by atoms with Crippen molar-refractivity contribution in [2.24, 2.45) is 5.14 Å². The average Bonchev–Trinajstić information content (AvgIpc) is 2.91. The third kappa shape index (κ3) is 4.29. The standard InChI is InChI=1S/C20H20FN3O3S/c1-13-11-17(14(2)24(13)19-6-4-3-5-18(19)21)20(25)23-16-9-7-15(8-10-16)12-28(22,26)27/h3-11H,12H2,1-2H3,(H,23,25)(H2,22,26,27). The number of nitrogens with zero attached hydrogens (tertiary/aromatic N) is 1. The van der Waals surface area contributed by atoms with E-state index in [1.54, 1.807) is 66.9 Å². The fourth-order valence-corrected chi connectivity index (χ4v) is 3.77. The van der Waals surface area contributed by atoms with E-state index < -0.39 is 10.0 Å². The van der Waals surface area contributed by atoms with E-state index in [-0.39, 0.29) is 17.5 Å². The van der Waals surface area contributed by atoms with E-state index in [2.05, 4.69) is 5.32 Å². The normalized spacial score (nSPS) is 11.4. The first-order valence-corrected chi connectivity index (χ1v) is 10.2. The predicted octanol–water partition coefficient (Wildman–Crippen LogP) is 3.27. The molecule has 6 nitrogen and oxygen atoms in total. The second-order valence-electron chi connectivity index (χ2n) is 6.53. The van der Waals surface area contributed by atoms with Crippen molar-refractivity contribution in [3.05, 3.63) is 82.9 Å². The van der Waals surface area contributed by atoms with Crippen LogP contribution in [0.5, 0.6) is 0 Å². The van der Waals surface area contributed by atoms with E-state index in [1.165, 1.54) is 6.07 Å². The van der Waals surface area contributed by atoms with Crippen molar-refractivity contribution in [2.75, 3.05) is 5.32 Å². The molecule has 0 saturated carbocycles.